The second-order valence-electron chi connectivity index (χ2n) is 7.55. The Balaban J connectivity index is 1.53. The molecule has 0 saturated carbocycles. The van der Waals surface area contributed by atoms with Crippen LogP contribution < -0.4 is 5.32 Å². The second kappa shape index (κ2) is 7.18. The molecule has 0 atom stereocenters. The number of carbonyl (C=O) groups is 1. The van der Waals surface area contributed by atoms with Crippen LogP contribution in [0.2, 0.25) is 0 Å². The van der Waals surface area contributed by atoms with E-state index in [1.807, 2.05) is 24.3 Å². The van der Waals surface area contributed by atoms with Gasteiger partial charge in [0.15, 0.2) is 0 Å². The van der Waals surface area contributed by atoms with Crippen LogP contribution in [0.15, 0.2) is 66.7 Å². The van der Waals surface area contributed by atoms with E-state index in [2.05, 4.69) is 62.9 Å². The van der Waals surface area contributed by atoms with Crippen molar-refractivity contribution in [3.63, 3.8) is 0 Å². The molecule has 5 rings (SSSR count). The maximum absolute atomic E-state index is 11.9. The predicted octanol–water partition coefficient (Wildman–Crippen LogP) is 4.70. The Hall–Kier alpha value is -3.44. The zero-order valence-corrected chi connectivity index (χ0v) is 16.3. The molecule has 5 nitrogen and oxygen atoms in total. The highest BCUT2D eigenvalue weighted by Gasteiger charge is 2.27. The summed E-state index contributed by atoms with van der Waals surface area (Å²) in [6.45, 7) is 4.10. The van der Waals surface area contributed by atoms with E-state index in [-0.39, 0.29) is 5.91 Å². The van der Waals surface area contributed by atoms with Crippen LogP contribution in [-0.2, 0) is 24.4 Å². The smallest absolute Gasteiger partial charge is 0.221 e. The predicted molar refractivity (Wildman–Crippen MR) is 115 cm³/mol. The molecule has 2 heterocycles. The first-order valence-corrected chi connectivity index (χ1v) is 9.81. The molecule has 144 valence electrons. The van der Waals surface area contributed by atoms with Crippen LogP contribution in [0.4, 0.5) is 5.69 Å². The molecular formula is C24H22N4O. The minimum absolute atomic E-state index is 0.0792. The van der Waals surface area contributed by atoms with Gasteiger partial charge in [0, 0.05) is 43.1 Å². The number of anilines is 1. The summed E-state index contributed by atoms with van der Waals surface area (Å²) < 4.78 is 0. The highest BCUT2D eigenvalue weighted by atomic mass is 16.1. The van der Waals surface area contributed by atoms with Crippen molar-refractivity contribution in [3.05, 3.63) is 83.6 Å². The Bertz CT molecular complexity index is 1200. The lowest BCUT2D eigenvalue weighted by Crippen LogP contribution is -2.16. The number of hydrogen-bond donors (Lipinski definition) is 2. The van der Waals surface area contributed by atoms with Crippen molar-refractivity contribution in [1.29, 1.82) is 0 Å². The van der Waals surface area contributed by atoms with Gasteiger partial charge in [-0.1, -0.05) is 66.7 Å². The maximum Gasteiger partial charge on any atom is 0.221 e. The van der Waals surface area contributed by atoms with E-state index >= 15 is 0 Å². The van der Waals surface area contributed by atoms with E-state index in [0.29, 0.717) is 0 Å². The largest absolute Gasteiger partial charge is 0.325 e. The fourth-order valence-corrected chi connectivity index (χ4v) is 4.16. The Morgan fingerprint density at radius 1 is 1.03 bits per heavy atom. The number of nitrogens with zero attached hydrogens (tertiary/aromatic N) is 2. The first-order valence-electron chi connectivity index (χ1n) is 9.81. The van der Waals surface area contributed by atoms with Crippen molar-refractivity contribution in [3.8, 4) is 11.3 Å². The SMILES string of the molecule is CC(=O)Nc1c(-c2[nH]nc3c2CN(Cc2ccccc2)C3)ccc2ccccc12. The molecule has 4 aromatic rings. The summed E-state index contributed by atoms with van der Waals surface area (Å²) in [4.78, 5) is 14.3. The summed E-state index contributed by atoms with van der Waals surface area (Å²) in [6.07, 6.45) is 0. The minimum atomic E-state index is -0.0792. The number of fused-ring (bicyclic) bond motifs is 2. The molecular weight excluding hydrogens is 360 g/mol. The first-order chi connectivity index (χ1) is 14.2. The summed E-state index contributed by atoms with van der Waals surface area (Å²) >= 11 is 0. The van der Waals surface area contributed by atoms with E-state index in [9.17, 15) is 4.79 Å². The van der Waals surface area contributed by atoms with Gasteiger partial charge in [-0.25, -0.2) is 0 Å². The molecule has 29 heavy (non-hydrogen) atoms. The van der Waals surface area contributed by atoms with Crippen LogP contribution in [0.1, 0.15) is 23.7 Å². The van der Waals surface area contributed by atoms with Crippen molar-refractivity contribution in [2.24, 2.45) is 0 Å². The lowest BCUT2D eigenvalue weighted by molar-refractivity contribution is -0.114. The van der Waals surface area contributed by atoms with Crippen LogP contribution in [0.3, 0.4) is 0 Å². The van der Waals surface area contributed by atoms with Crippen molar-refractivity contribution in [2.75, 3.05) is 5.32 Å². The zero-order valence-electron chi connectivity index (χ0n) is 16.3. The molecule has 1 aliphatic rings. The lowest BCUT2D eigenvalue weighted by Gasteiger charge is -2.16. The summed E-state index contributed by atoms with van der Waals surface area (Å²) in [5, 5.41) is 13.0. The van der Waals surface area contributed by atoms with Crippen molar-refractivity contribution in [2.45, 2.75) is 26.6 Å². The molecule has 1 aliphatic heterocycles. The van der Waals surface area contributed by atoms with E-state index in [0.717, 1.165) is 53.0 Å². The Kier molecular flexibility index (Phi) is 4.37. The van der Waals surface area contributed by atoms with Crippen LogP contribution in [0.25, 0.3) is 22.0 Å². The second-order valence-corrected chi connectivity index (χ2v) is 7.55. The molecule has 0 saturated heterocycles. The summed E-state index contributed by atoms with van der Waals surface area (Å²) in [5.74, 6) is -0.0792. The van der Waals surface area contributed by atoms with Gasteiger partial charge in [-0.05, 0) is 10.9 Å². The number of benzene rings is 3. The standard InChI is InChI=1S/C24H22N4O/c1-16(29)25-23-19-10-6-5-9-18(19)11-12-20(23)24-21-14-28(15-22(21)26-27-24)13-17-7-3-2-4-8-17/h2-12H,13-15H2,1H3,(H,25,29)(H,26,27). The highest BCUT2D eigenvalue weighted by Crippen LogP contribution is 2.38. The quantitative estimate of drug-likeness (QED) is 0.538. The van der Waals surface area contributed by atoms with Gasteiger partial charge >= 0.3 is 0 Å². The highest BCUT2D eigenvalue weighted by molar-refractivity contribution is 6.07. The molecule has 0 aliphatic carbocycles. The fraction of sp³-hybridized carbons (Fsp3) is 0.167. The molecule has 2 N–H and O–H groups in total. The molecule has 0 unspecified atom stereocenters. The number of aromatic nitrogens is 2. The first kappa shape index (κ1) is 17.6. The zero-order chi connectivity index (χ0) is 19.8. The number of rotatable bonds is 4. The molecule has 1 amide bonds. The summed E-state index contributed by atoms with van der Waals surface area (Å²) in [7, 11) is 0. The topological polar surface area (TPSA) is 61.0 Å². The molecule has 5 heteroatoms. The third-order valence-corrected chi connectivity index (χ3v) is 5.46. The molecule has 1 aromatic heterocycles. The third-order valence-electron chi connectivity index (χ3n) is 5.46. The Morgan fingerprint density at radius 3 is 2.66 bits per heavy atom. The fourth-order valence-electron chi connectivity index (χ4n) is 4.16. The van der Waals surface area contributed by atoms with Crippen LogP contribution in [-0.4, -0.2) is 21.0 Å². The van der Waals surface area contributed by atoms with Gasteiger partial charge in [-0.15, -0.1) is 0 Å². The van der Waals surface area contributed by atoms with Crippen molar-refractivity contribution < 1.29 is 4.79 Å². The van der Waals surface area contributed by atoms with Crippen LogP contribution in [0.5, 0.6) is 0 Å². The summed E-state index contributed by atoms with van der Waals surface area (Å²) in [6, 6.07) is 22.8. The number of carbonyl (C=O) groups excluding carboxylic acids is 1. The van der Waals surface area contributed by atoms with E-state index in [4.69, 9.17) is 0 Å². The van der Waals surface area contributed by atoms with E-state index in [1.54, 1.807) is 6.92 Å². The lowest BCUT2D eigenvalue weighted by atomic mass is 9.99. The number of H-pyrrole nitrogens is 1. The van der Waals surface area contributed by atoms with Gasteiger partial charge in [0.05, 0.1) is 17.1 Å². The van der Waals surface area contributed by atoms with Gasteiger partial charge in [0.25, 0.3) is 0 Å². The molecule has 0 radical (unpaired) electrons. The van der Waals surface area contributed by atoms with Crippen molar-refractivity contribution in [1.82, 2.24) is 15.1 Å². The van der Waals surface area contributed by atoms with Crippen molar-refractivity contribution >= 4 is 22.4 Å². The third kappa shape index (κ3) is 3.30. The minimum Gasteiger partial charge on any atom is -0.325 e. The van der Waals surface area contributed by atoms with Gasteiger partial charge in [-0.3, -0.25) is 14.8 Å². The Morgan fingerprint density at radius 2 is 1.83 bits per heavy atom. The summed E-state index contributed by atoms with van der Waals surface area (Å²) in [5.41, 5.74) is 6.40. The number of amides is 1. The van der Waals surface area contributed by atoms with E-state index < -0.39 is 0 Å². The Labute approximate surface area is 169 Å². The average molecular weight is 382 g/mol. The monoisotopic (exact) mass is 382 g/mol. The molecule has 0 bridgehead atoms. The van der Waals surface area contributed by atoms with Crippen LogP contribution >= 0.6 is 0 Å². The molecule has 0 spiro atoms. The molecule has 3 aromatic carbocycles. The number of hydrogen-bond acceptors (Lipinski definition) is 3. The van der Waals surface area contributed by atoms with Gasteiger partial charge in [-0.2, -0.15) is 5.10 Å². The van der Waals surface area contributed by atoms with Gasteiger partial charge < -0.3 is 5.32 Å². The maximum atomic E-state index is 11.9. The van der Waals surface area contributed by atoms with Crippen LogP contribution in [0, 0.1) is 0 Å². The normalized spacial score (nSPS) is 13.6. The number of nitrogens with one attached hydrogen (secondary N) is 2. The molecule has 0 fully saturated rings. The van der Waals surface area contributed by atoms with Gasteiger partial charge in [0.1, 0.15) is 0 Å². The van der Waals surface area contributed by atoms with Gasteiger partial charge in [0.2, 0.25) is 5.91 Å². The van der Waals surface area contributed by atoms with E-state index in [1.165, 1.54) is 11.1 Å². The number of aromatic amines is 1. The average Bonchev–Trinajstić information content (AvgIpc) is 3.29.